The van der Waals surface area contributed by atoms with Crippen molar-refractivity contribution in [2.75, 3.05) is 48.4 Å². The van der Waals surface area contributed by atoms with Gasteiger partial charge in [0.25, 0.3) is 0 Å². The van der Waals surface area contributed by atoms with Crippen molar-refractivity contribution in [2.24, 2.45) is 0 Å². The molecule has 5 heteroatoms. The van der Waals surface area contributed by atoms with E-state index in [2.05, 4.69) is 21.1 Å². The predicted octanol–water partition coefficient (Wildman–Crippen LogP) is 0.679. The largest absolute Gasteiger partial charge is 0.745 e. The van der Waals surface area contributed by atoms with Gasteiger partial charge in [0.05, 0.1) is 27.7 Å². The molecular weight excluding hydrogens is 252 g/mol. The Morgan fingerprint density at radius 1 is 1.31 bits per heavy atom. The fourth-order valence-electron chi connectivity index (χ4n) is 0.576. The Balaban J connectivity index is 0. The maximum atomic E-state index is 5.40. The highest BCUT2D eigenvalue weighted by atomic mass is 79.9. The van der Waals surface area contributed by atoms with Crippen LogP contribution in [-0.4, -0.2) is 63.3 Å². The van der Waals surface area contributed by atoms with E-state index < -0.39 is 0 Å². The zero-order valence-corrected chi connectivity index (χ0v) is 11.6. The van der Waals surface area contributed by atoms with E-state index in [1.54, 1.807) is 0 Å². The molecule has 0 rings (SSSR count). The zero-order chi connectivity index (χ0) is 9.78. The van der Waals surface area contributed by atoms with E-state index in [1.165, 1.54) is 0 Å². The summed E-state index contributed by atoms with van der Waals surface area (Å²) in [6.07, 6.45) is 0. The number of nitrogens with zero attached hydrogens (tertiary/aromatic N) is 2. The molecule has 0 heterocycles. The summed E-state index contributed by atoms with van der Waals surface area (Å²) >= 11 is 5.05. The topological polar surface area (TPSA) is 12.5 Å². The first kappa shape index (κ1) is 16.2. The minimum absolute atomic E-state index is 0. The summed E-state index contributed by atoms with van der Waals surface area (Å²) in [5, 5.41) is 0. The summed E-state index contributed by atoms with van der Waals surface area (Å²) in [4.78, 5) is 1.88. The van der Waals surface area contributed by atoms with Gasteiger partial charge in [-0.3, -0.25) is 0 Å². The first-order valence-corrected chi connectivity index (χ1v) is 4.54. The van der Waals surface area contributed by atoms with Crippen LogP contribution < -0.4 is 0 Å². The molecule has 0 saturated heterocycles. The monoisotopic (exact) mass is 272 g/mol. The summed E-state index contributed by atoms with van der Waals surface area (Å²) in [6.45, 7) is 1.71. The lowest BCUT2D eigenvalue weighted by atomic mass is 10.5. The van der Waals surface area contributed by atoms with Crippen LogP contribution in [0.25, 0.3) is 0 Å². The first-order valence-electron chi connectivity index (χ1n) is 4.07. The van der Waals surface area contributed by atoms with Crippen molar-refractivity contribution >= 4 is 29.6 Å². The van der Waals surface area contributed by atoms with Crippen LogP contribution in [0, 0.1) is 0 Å². The molecule has 0 aromatic rings. The third-order valence-corrected chi connectivity index (χ3v) is 2.00. The van der Waals surface area contributed by atoms with Crippen LogP contribution in [-0.2, 0) is 17.4 Å². The molecule has 0 N–H and O–H groups in total. The van der Waals surface area contributed by atoms with Crippen molar-refractivity contribution in [1.82, 2.24) is 4.90 Å². The third kappa shape index (κ3) is 10.6. The van der Waals surface area contributed by atoms with E-state index in [0.29, 0.717) is 0 Å². The van der Waals surface area contributed by atoms with Gasteiger partial charge in [0, 0.05) is 0 Å². The second kappa shape index (κ2) is 7.06. The van der Waals surface area contributed by atoms with E-state index in [1.807, 2.05) is 19.0 Å². The molecule has 3 nitrogen and oxygen atoms in total. The Hall–Kier alpha value is 0.710. The molecule has 0 aliphatic heterocycles. The van der Waals surface area contributed by atoms with Crippen LogP contribution in [0.3, 0.4) is 0 Å². The summed E-state index contributed by atoms with van der Waals surface area (Å²) < 4.78 is 6.32. The van der Waals surface area contributed by atoms with Crippen molar-refractivity contribution in [3.8, 4) is 0 Å². The highest BCUT2D eigenvalue weighted by Gasteiger charge is 2.06. The van der Waals surface area contributed by atoms with Gasteiger partial charge in [-0.05, 0) is 19.7 Å². The molecule has 0 aliphatic rings. The standard InChI is InChI=1S/C8H20N2OS.BrH/c1-9(2)8(12)11-7-6-10(3,4)5;/h8H,6-7H2,1-5H3;1H. The van der Waals surface area contributed by atoms with Gasteiger partial charge in [0.15, 0.2) is 0 Å². The smallest absolute Gasteiger partial charge is 0.102 e. The number of hydrogen-bond acceptors (Lipinski definition) is 3. The summed E-state index contributed by atoms with van der Waals surface area (Å²) in [5.41, 5.74) is -0.198. The minimum atomic E-state index is -0.198. The van der Waals surface area contributed by atoms with Crippen molar-refractivity contribution in [1.29, 1.82) is 0 Å². The summed E-state index contributed by atoms with van der Waals surface area (Å²) in [6, 6.07) is 0. The van der Waals surface area contributed by atoms with E-state index in [4.69, 9.17) is 17.4 Å². The van der Waals surface area contributed by atoms with E-state index >= 15 is 0 Å². The molecule has 0 fully saturated rings. The lowest BCUT2D eigenvalue weighted by molar-refractivity contribution is -0.870. The van der Waals surface area contributed by atoms with Gasteiger partial charge in [-0.15, -0.1) is 17.0 Å². The number of ether oxygens (including phenoxy) is 1. The molecule has 82 valence electrons. The summed E-state index contributed by atoms with van der Waals surface area (Å²) in [7, 11) is 10.2. The van der Waals surface area contributed by atoms with Gasteiger partial charge in [0.1, 0.15) is 6.54 Å². The number of likely N-dealkylation sites (N-methyl/N-ethyl adjacent to an activating group) is 1. The zero-order valence-electron chi connectivity index (χ0n) is 9.11. The van der Waals surface area contributed by atoms with Crippen molar-refractivity contribution in [3.05, 3.63) is 0 Å². The maximum absolute atomic E-state index is 5.40. The lowest BCUT2D eigenvalue weighted by Gasteiger charge is -2.32. The van der Waals surface area contributed by atoms with Crippen molar-refractivity contribution in [2.45, 2.75) is 5.56 Å². The maximum Gasteiger partial charge on any atom is 0.102 e. The minimum Gasteiger partial charge on any atom is -0.745 e. The molecule has 0 radical (unpaired) electrons. The van der Waals surface area contributed by atoms with Crippen LogP contribution in [0.15, 0.2) is 0 Å². The van der Waals surface area contributed by atoms with E-state index in [-0.39, 0.29) is 22.5 Å². The Morgan fingerprint density at radius 2 is 1.77 bits per heavy atom. The van der Waals surface area contributed by atoms with Crippen LogP contribution in [0.5, 0.6) is 0 Å². The average Bonchev–Trinajstić information content (AvgIpc) is 1.84. The Morgan fingerprint density at radius 3 is 2.08 bits per heavy atom. The van der Waals surface area contributed by atoms with E-state index in [0.717, 1.165) is 17.6 Å². The highest BCUT2D eigenvalue weighted by Crippen LogP contribution is 1.95. The number of rotatable bonds is 5. The molecule has 0 aromatic heterocycles. The number of halogens is 1. The quantitative estimate of drug-likeness (QED) is 0.415. The van der Waals surface area contributed by atoms with Gasteiger partial charge in [-0.2, -0.15) is 0 Å². The van der Waals surface area contributed by atoms with Gasteiger partial charge in [-0.25, -0.2) is 0 Å². The van der Waals surface area contributed by atoms with Crippen molar-refractivity contribution in [3.63, 3.8) is 0 Å². The third-order valence-electron chi connectivity index (χ3n) is 1.44. The first-order chi connectivity index (χ1) is 5.33. The number of hydrogen-bond donors (Lipinski definition) is 0. The normalized spacial score (nSPS) is 14.1. The van der Waals surface area contributed by atoms with Crippen LogP contribution in [0.4, 0.5) is 0 Å². The predicted molar refractivity (Wildman–Crippen MR) is 64.0 cm³/mol. The van der Waals surface area contributed by atoms with Crippen molar-refractivity contribution < 1.29 is 9.22 Å². The summed E-state index contributed by atoms with van der Waals surface area (Å²) in [5.74, 6) is 0. The molecule has 0 saturated carbocycles. The molecule has 0 amide bonds. The van der Waals surface area contributed by atoms with Crippen LogP contribution in [0.1, 0.15) is 0 Å². The Labute approximate surface area is 97.8 Å². The SMILES string of the molecule is Br.CN(C)C([S-])OCC[N+](C)(C)C. The molecule has 0 aromatic carbocycles. The van der Waals surface area contributed by atoms with Gasteiger partial charge in [0.2, 0.25) is 0 Å². The van der Waals surface area contributed by atoms with Gasteiger partial charge < -0.3 is 26.7 Å². The van der Waals surface area contributed by atoms with Crippen LogP contribution in [0.2, 0.25) is 0 Å². The Bertz CT molecular complexity index is 128. The van der Waals surface area contributed by atoms with Gasteiger partial charge in [-0.1, -0.05) is 0 Å². The Kier molecular flexibility index (Phi) is 8.77. The fourth-order valence-corrected chi connectivity index (χ4v) is 0.673. The molecule has 13 heavy (non-hydrogen) atoms. The fraction of sp³-hybridized carbons (Fsp3) is 1.00. The average molecular weight is 273 g/mol. The molecule has 0 aliphatic carbocycles. The lowest BCUT2D eigenvalue weighted by Crippen LogP contribution is -2.39. The highest BCUT2D eigenvalue weighted by molar-refractivity contribution is 8.93. The molecule has 0 bridgehead atoms. The second-order valence-corrected chi connectivity index (χ2v) is 4.56. The molecular formula is C8H21BrN2OS. The van der Waals surface area contributed by atoms with Gasteiger partial charge >= 0.3 is 0 Å². The molecule has 1 unspecified atom stereocenters. The number of quaternary nitrogens is 1. The second-order valence-electron chi connectivity index (χ2n) is 4.16. The van der Waals surface area contributed by atoms with Crippen LogP contribution >= 0.6 is 17.0 Å². The molecule has 0 spiro atoms. The molecule has 1 atom stereocenters. The van der Waals surface area contributed by atoms with E-state index in [9.17, 15) is 0 Å².